The van der Waals surface area contributed by atoms with Crippen LogP contribution in [0.1, 0.15) is 14.5 Å². The highest BCUT2D eigenvalue weighted by atomic mass is 79.9. The number of hydrogen-bond donors (Lipinski definition) is 0. The third kappa shape index (κ3) is 4.33. The average Bonchev–Trinajstić information content (AvgIpc) is 3.35. The first-order valence-corrected chi connectivity index (χ1v) is 11.6. The number of thiophene rings is 2. The van der Waals surface area contributed by atoms with E-state index in [9.17, 15) is 4.79 Å². The van der Waals surface area contributed by atoms with E-state index in [1.807, 2.05) is 36.7 Å². The second-order valence-electron chi connectivity index (χ2n) is 6.69. The summed E-state index contributed by atoms with van der Waals surface area (Å²) in [6, 6.07) is 14.4. The third-order valence-corrected chi connectivity index (χ3v) is 7.53. The Morgan fingerprint density at radius 1 is 1.21 bits per heavy atom. The lowest BCUT2D eigenvalue weighted by Gasteiger charge is -2.28. The molecule has 0 radical (unpaired) electrons. The summed E-state index contributed by atoms with van der Waals surface area (Å²) in [5.41, 5.74) is 2.27. The van der Waals surface area contributed by atoms with Crippen molar-refractivity contribution in [3.63, 3.8) is 0 Å². The Hall–Kier alpha value is -1.67. The first kappa shape index (κ1) is 19.6. The maximum atomic E-state index is 13.1. The quantitative estimate of drug-likeness (QED) is 0.497. The van der Waals surface area contributed by atoms with Crippen molar-refractivity contribution in [1.82, 2.24) is 4.90 Å². The minimum absolute atomic E-state index is 0.0613. The van der Waals surface area contributed by atoms with E-state index in [1.165, 1.54) is 0 Å². The molecule has 3 heterocycles. The molecule has 1 aliphatic rings. The van der Waals surface area contributed by atoms with Gasteiger partial charge in [-0.25, -0.2) is 0 Å². The maximum absolute atomic E-state index is 13.1. The third-order valence-electron chi connectivity index (χ3n) is 4.67. The van der Waals surface area contributed by atoms with Crippen LogP contribution in [0, 0.1) is 0 Å². The van der Waals surface area contributed by atoms with Crippen LogP contribution in [-0.4, -0.2) is 44.2 Å². The fourth-order valence-electron chi connectivity index (χ4n) is 3.24. The van der Waals surface area contributed by atoms with Crippen LogP contribution in [0.5, 0.6) is 0 Å². The van der Waals surface area contributed by atoms with E-state index in [0.717, 1.165) is 56.7 Å². The second-order valence-corrected chi connectivity index (χ2v) is 9.63. The van der Waals surface area contributed by atoms with E-state index < -0.39 is 0 Å². The molecule has 7 heteroatoms. The zero-order valence-corrected chi connectivity index (χ0v) is 18.8. The summed E-state index contributed by atoms with van der Waals surface area (Å²) < 4.78 is 6.57. The normalized spacial score (nSPS) is 14.3. The van der Waals surface area contributed by atoms with Crippen molar-refractivity contribution in [1.29, 1.82) is 0 Å². The van der Waals surface area contributed by atoms with Gasteiger partial charge in [0.25, 0.3) is 5.91 Å². The molecule has 1 amide bonds. The van der Waals surface area contributed by atoms with Gasteiger partial charge in [-0.3, -0.25) is 4.79 Å². The zero-order chi connectivity index (χ0) is 19.5. The van der Waals surface area contributed by atoms with Gasteiger partial charge in [-0.2, -0.15) is 0 Å². The smallest absolute Gasteiger partial charge is 0.264 e. The van der Waals surface area contributed by atoms with Gasteiger partial charge in [0.2, 0.25) is 0 Å². The van der Waals surface area contributed by atoms with E-state index in [-0.39, 0.29) is 5.91 Å². The van der Waals surface area contributed by atoms with E-state index in [2.05, 4.69) is 39.0 Å². The Balaban J connectivity index is 1.63. The van der Waals surface area contributed by atoms with E-state index in [4.69, 9.17) is 4.74 Å². The van der Waals surface area contributed by atoms with E-state index in [1.54, 1.807) is 27.6 Å². The van der Waals surface area contributed by atoms with Crippen molar-refractivity contribution < 1.29 is 9.53 Å². The monoisotopic (exact) mass is 476 g/mol. The number of hydrogen-bond acceptors (Lipinski definition) is 5. The van der Waals surface area contributed by atoms with E-state index in [0.29, 0.717) is 6.54 Å². The fraction of sp³-hybridized carbons (Fsp3) is 0.286. The maximum Gasteiger partial charge on any atom is 0.264 e. The first-order valence-electron chi connectivity index (χ1n) is 9.12. The molecule has 0 aliphatic carbocycles. The SMILES string of the molecule is CN(Cc1cc(Br)cs1)C(=O)c1cc(-c2ccccc2)c(N2CCOCC2)s1. The Bertz CT molecular complexity index is 948. The molecular weight excluding hydrogens is 456 g/mol. The molecule has 1 fully saturated rings. The van der Waals surface area contributed by atoms with Gasteiger partial charge in [-0.1, -0.05) is 30.3 Å². The van der Waals surface area contributed by atoms with Crippen LogP contribution in [0.15, 0.2) is 52.3 Å². The molecule has 1 aromatic carbocycles. The Morgan fingerprint density at radius 2 is 1.96 bits per heavy atom. The van der Waals surface area contributed by atoms with Crippen molar-refractivity contribution in [2.24, 2.45) is 0 Å². The van der Waals surface area contributed by atoms with E-state index >= 15 is 0 Å². The van der Waals surface area contributed by atoms with Crippen LogP contribution in [0.3, 0.4) is 0 Å². The number of rotatable bonds is 5. The number of carbonyl (C=O) groups excluding carboxylic acids is 1. The number of benzene rings is 1. The summed E-state index contributed by atoms with van der Waals surface area (Å²) in [4.78, 5) is 19.2. The fourth-order valence-corrected chi connectivity index (χ4v) is 5.97. The largest absolute Gasteiger partial charge is 0.378 e. The Kier molecular flexibility index (Phi) is 6.16. The van der Waals surface area contributed by atoms with Gasteiger partial charge in [-0.05, 0) is 33.6 Å². The molecule has 0 saturated carbocycles. The minimum atomic E-state index is 0.0613. The van der Waals surface area contributed by atoms with Gasteiger partial charge < -0.3 is 14.5 Å². The summed E-state index contributed by atoms with van der Waals surface area (Å²) in [6.45, 7) is 3.77. The van der Waals surface area contributed by atoms with Crippen molar-refractivity contribution in [3.05, 3.63) is 62.1 Å². The minimum Gasteiger partial charge on any atom is -0.378 e. The predicted octanol–water partition coefficient (Wildman–Crippen LogP) is 5.35. The van der Waals surface area contributed by atoms with Gasteiger partial charge in [-0.15, -0.1) is 22.7 Å². The molecule has 3 aromatic rings. The summed E-state index contributed by atoms with van der Waals surface area (Å²) in [5.74, 6) is 0.0613. The summed E-state index contributed by atoms with van der Waals surface area (Å²) >= 11 is 6.73. The molecule has 146 valence electrons. The lowest BCUT2D eigenvalue weighted by atomic mass is 10.1. The summed E-state index contributed by atoms with van der Waals surface area (Å²) in [6.07, 6.45) is 0. The number of carbonyl (C=O) groups is 1. The number of halogens is 1. The molecule has 28 heavy (non-hydrogen) atoms. The first-order chi connectivity index (χ1) is 13.6. The molecule has 0 bridgehead atoms. The van der Waals surface area contributed by atoms with Crippen molar-refractivity contribution in [3.8, 4) is 11.1 Å². The van der Waals surface area contributed by atoms with Gasteiger partial charge in [0.15, 0.2) is 0 Å². The molecule has 0 N–H and O–H groups in total. The Morgan fingerprint density at radius 3 is 2.64 bits per heavy atom. The average molecular weight is 477 g/mol. The molecule has 0 unspecified atom stereocenters. The van der Waals surface area contributed by atoms with Gasteiger partial charge in [0.1, 0.15) is 0 Å². The van der Waals surface area contributed by atoms with Crippen molar-refractivity contribution in [2.75, 3.05) is 38.3 Å². The number of nitrogens with zero attached hydrogens (tertiary/aromatic N) is 2. The molecule has 1 aliphatic heterocycles. The highest BCUT2D eigenvalue weighted by Gasteiger charge is 2.23. The molecule has 1 saturated heterocycles. The Labute approximate surface area is 181 Å². The van der Waals surface area contributed by atoms with Gasteiger partial charge in [0, 0.05) is 40.4 Å². The molecule has 4 rings (SSSR count). The zero-order valence-electron chi connectivity index (χ0n) is 15.6. The number of anilines is 1. The van der Waals surface area contributed by atoms with Crippen LogP contribution in [0.4, 0.5) is 5.00 Å². The van der Waals surface area contributed by atoms with Crippen LogP contribution >= 0.6 is 38.6 Å². The second kappa shape index (κ2) is 8.78. The lowest BCUT2D eigenvalue weighted by Crippen LogP contribution is -2.35. The molecular formula is C21H21BrN2O2S2. The number of morpholine rings is 1. The predicted molar refractivity (Wildman–Crippen MR) is 121 cm³/mol. The van der Waals surface area contributed by atoms with Crippen LogP contribution < -0.4 is 4.90 Å². The highest BCUT2D eigenvalue weighted by molar-refractivity contribution is 9.10. The topological polar surface area (TPSA) is 32.8 Å². The number of ether oxygens (including phenoxy) is 1. The van der Waals surface area contributed by atoms with Gasteiger partial charge in [0.05, 0.1) is 29.6 Å². The molecule has 2 aromatic heterocycles. The lowest BCUT2D eigenvalue weighted by molar-refractivity contribution is 0.0791. The number of amides is 1. The summed E-state index contributed by atoms with van der Waals surface area (Å²) in [5, 5.41) is 3.20. The molecule has 0 spiro atoms. The molecule has 4 nitrogen and oxygen atoms in total. The van der Waals surface area contributed by atoms with Crippen LogP contribution in [-0.2, 0) is 11.3 Å². The van der Waals surface area contributed by atoms with Crippen LogP contribution in [0.2, 0.25) is 0 Å². The van der Waals surface area contributed by atoms with Crippen molar-refractivity contribution >= 4 is 49.5 Å². The van der Waals surface area contributed by atoms with Gasteiger partial charge >= 0.3 is 0 Å². The van der Waals surface area contributed by atoms with Crippen LogP contribution in [0.25, 0.3) is 11.1 Å². The standard InChI is InChI=1S/C21H21BrN2O2S2/c1-23(13-17-11-16(22)14-27-17)20(25)19-12-18(15-5-3-2-4-6-15)21(28-19)24-7-9-26-10-8-24/h2-6,11-12,14H,7-10,13H2,1H3. The molecule has 0 atom stereocenters. The highest BCUT2D eigenvalue weighted by Crippen LogP contribution is 2.40. The summed E-state index contributed by atoms with van der Waals surface area (Å²) in [7, 11) is 1.87. The van der Waals surface area contributed by atoms with Crippen molar-refractivity contribution in [2.45, 2.75) is 6.54 Å².